The molecule has 1 saturated heterocycles. The second-order valence-electron chi connectivity index (χ2n) is 6.12. The number of hydrogen-bond acceptors (Lipinski definition) is 2. The largest absolute Gasteiger partial charge is 0.339 e. The van der Waals surface area contributed by atoms with Gasteiger partial charge in [-0.2, -0.15) is 5.10 Å². The van der Waals surface area contributed by atoms with Crippen LogP contribution in [0.2, 0.25) is 0 Å². The first-order valence-electron chi connectivity index (χ1n) is 8.66. The lowest BCUT2D eigenvalue weighted by atomic mass is 10.1. The summed E-state index contributed by atoms with van der Waals surface area (Å²) in [5.74, 6) is 0.176. The van der Waals surface area contributed by atoms with Gasteiger partial charge in [0.05, 0.1) is 23.5 Å². The van der Waals surface area contributed by atoms with Crippen LogP contribution < -0.4 is 0 Å². The summed E-state index contributed by atoms with van der Waals surface area (Å²) in [6.45, 7) is 6.68. The van der Waals surface area contributed by atoms with Crippen molar-refractivity contribution in [2.75, 3.05) is 13.1 Å². The second-order valence-corrected chi connectivity index (χ2v) is 6.12. The van der Waals surface area contributed by atoms with Gasteiger partial charge in [-0.25, -0.2) is 0 Å². The molecule has 1 aromatic carbocycles. The molecule has 1 aliphatic rings. The summed E-state index contributed by atoms with van der Waals surface area (Å²) >= 11 is 0. The molecular weight excluding hydrogens is 286 g/mol. The number of rotatable bonds is 5. The zero-order valence-electron chi connectivity index (χ0n) is 14.1. The van der Waals surface area contributed by atoms with E-state index in [1.54, 1.807) is 0 Å². The highest BCUT2D eigenvalue weighted by molar-refractivity contribution is 5.96. The highest BCUT2D eigenvalue weighted by Gasteiger charge is 2.27. The minimum Gasteiger partial charge on any atom is -0.339 e. The van der Waals surface area contributed by atoms with Crippen LogP contribution in [0.5, 0.6) is 0 Å². The number of benzene rings is 1. The van der Waals surface area contributed by atoms with Crippen LogP contribution in [-0.4, -0.2) is 33.7 Å². The van der Waals surface area contributed by atoms with Crippen LogP contribution in [0.3, 0.4) is 0 Å². The Morgan fingerprint density at radius 1 is 1.09 bits per heavy atom. The maximum absolute atomic E-state index is 12.9. The van der Waals surface area contributed by atoms with Gasteiger partial charge >= 0.3 is 0 Å². The molecule has 0 N–H and O–H groups in total. The molecule has 4 nitrogen and oxygen atoms in total. The standard InChI is InChI=1S/C19H25N3O/c1-3-16-18(19(23)21-12-8-9-13-21)17(4-2)22(20-16)14-15-10-6-5-7-11-15/h5-7,10-11H,3-4,8-9,12-14H2,1-2H3. The van der Waals surface area contributed by atoms with Crippen LogP contribution >= 0.6 is 0 Å². The van der Waals surface area contributed by atoms with Crippen molar-refractivity contribution < 1.29 is 4.79 Å². The first kappa shape index (κ1) is 15.8. The fourth-order valence-corrected chi connectivity index (χ4v) is 3.37. The number of carbonyl (C=O) groups is 1. The van der Waals surface area contributed by atoms with E-state index in [-0.39, 0.29) is 5.91 Å². The molecule has 2 aromatic rings. The average molecular weight is 311 g/mol. The van der Waals surface area contributed by atoms with Crippen LogP contribution in [0.15, 0.2) is 30.3 Å². The normalized spacial score (nSPS) is 14.4. The second kappa shape index (κ2) is 6.99. The van der Waals surface area contributed by atoms with E-state index in [1.165, 1.54) is 5.56 Å². The van der Waals surface area contributed by atoms with Gasteiger partial charge in [0.15, 0.2) is 0 Å². The van der Waals surface area contributed by atoms with E-state index in [0.29, 0.717) is 0 Å². The molecule has 0 radical (unpaired) electrons. The Morgan fingerprint density at radius 3 is 2.39 bits per heavy atom. The lowest BCUT2D eigenvalue weighted by molar-refractivity contribution is 0.0790. The summed E-state index contributed by atoms with van der Waals surface area (Å²) < 4.78 is 2.03. The summed E-state index contributed by atoms with van der Waals surface area (Å²) in [6.07, 6.45) is 3.86. The molecular formula is C19H25N3O. The van der Waals surface area contributed by atoms with E-state index in [0.717, 1.165) is 62.3 Å². The van der Waals surface area contributed by atoms with Gasteiger partial charge in [0.2, 0.25) is 0 Å². The van der Waals surface area contributed by atoms with E-state index >= 15 is 0 Å². The lowest BCUT2D eigenvalue weighted by Gasteiger charge is -2.16. The highest BCUT2D eigenvalue weighted by atomic mass is 16.2. The van der Waals surface area contributed by atoms with Gasteiger partial charge in [-0.15, -0.1) is 0 Å². The van der Waals surface area contributed by atoms with Gasteiger partial charge in [0.1, 0.15) is 0 Å². The number of hydrogen-bond donors (Lipinski definition) is 0. The van der Waals surface area contributed by atoms with Crippen molar-refractivity contribution in [1.82, 2.24) is 14.7 Å². The molecule has 1 amide bonds. The smallest absolute Gasteiger partial charge is 0.257 e. The van der Waals surface area contributed by atoms with Crippen LogP contribution in [0.4, 0.5) is 0 Å². The maximum Gasteiger partial charge on any atom is 0.257 e. The lowest BCUT2D eigenvalue weighted by Crippen LogP contribution is -2.29. The highest BCUT2D eigenvalue weighted by Crippen LogP contribution is 2.22. The Kier molecular flexibility index (Phi) is 4.79. The predicted octanol–water partition coefficient (Wildman–Crippen LogP) is 3.29. The van der Waals surface area contributed by atoms with E-state index in [2.05, 4.69) is 26.0 Å². The molecule has 3 rings (SSSR count). The van der Waals surface area contributed by atoms with Gasteiger partial charge in [0.25, 0.3) is 5.91 Å². The fourth-order valence-electron chi connectivity index (χ4n) is 3.37. The Bertz CT molecular complexity index is 669. The molecule has 0 saturated carbocycles. The van der Waals surface area contributed by atoms with E-state index < -0.39 is 0 Å². The van der Waals surface area contributed by atoms with Gasteiger partial charge in [0, 0.05) is 13.1 Å². The molecule has 0 spiro atoms. The van der Waals surface area contributed by atoms with E-state index in [1.807, 2.05) is 27.8 Å². The number of carbonyl (C=O) groups excluding carboxylic acids is 1. The molecule has 2 heterocycles. The van der Waals surface area contributed by atoms with Crippen molar-refractivity contribution in [3.8, 4) is 0 Å². The SMILES string of the molecule is CCc1nn(Cc2ccccc2)c(CC)c1C(=O)N1CCCC1. The Labute approximate surface area is 138 Å². The Hall–Kier alpha value is -2.10. The summed E-state index contributed by atoms with van der Waals surface area (Å²) in [5.41, 5.74) is 4.08. The van der Waals surface area contributed by atoms with Crippen molar-refractivity contribution in [3.63, 3.8) is 0 Å². The number of nitrogens with zero attached hydrogens (tertiary/aromatic N) is 3. The van der Waals surface area contributed by atoms with Crippen molar-refractivity contribution in [1.29, 1.82) is 0 Å². The molecule has 1 aromatic heterocycles. The molecule has 1 fully saturated rings. The zero-order valence-corrected chi connectivity index (χ0v) is 14.1. The van der Waals surface area contributed by atoms with Gasteiger partial charge in [-0.1, -0.05) is 44.2 Å². The van der Waals surface area contributed by atoms with Crippen molar-refractivity contribution in [2.45, 2.75) is 46.1 Å². The molecule has 23 heavy (non-hydrogen) atoms. The van der Waals surface area contributed by atoms with Gasteiger partial charge in [-0.05, 0) is 31.2 Å². The predicted molar refractivity (Wildman–Crippen MR) is 91.7 cm³/mol. The number of likely N-dealkylation sites (tertiary alicyclic amines) is 1. The molecule has 0 unspecified atom stereocenters. The Morgan fingerprint density at radius 2 is 1.78 bits per heavy atom. The molecule has 122 valence electrons. The summed E-state index contributed by atoms with van der Waals surface area (Å²) in [5, 5.41) is 4.76. The third-order valence-electron chi connectivity index (χ3n) is 4.58. The topological polar surface area (TPSA) is 38.1 Å². The van der Waals surface area contributed by atoms with E-state index in [9.17, 15) is 4.79 Å². The zero-order chi connectivity index (χ0) is 16.2. The van der Waals surface area contributed by atoms with Crippen LogP contribution in [0.25, 0.3) is 0 Å². The number of aryl methyl sites for hydroxylation is 1. The van der Waals surface area contributed by atoms with Crippen LogP contribution in [0.1, 0.15) is 54.0 Å². The molecule has 0 aliphatic carbocycles. The van der Waals surface area contributed by atoms with Crippen molar-refractivity contribution in [2.24, 2.45) is 0 Å². The fraction of sp³-hybridized carbons (Fsp3) is 0.474. The van der Waals surface area contributed by atoms with E-state index in [4.69, 9.17) is 5.10 Å². The van der Waals surface area contributed by atoms with Gasteiger partial charge in [-0.3, -0.25) is 9.48 Å². The quantitative estimate of drug-likeness (QED) is 0.850. The van der Waals surface area contributed by atoms with Gasteiger partial charge < -0.3 is 4.90 Å². The third kappa shape index (κ3) is 3.16. The summed E-state index contributed by atoms with van der Waals surface area (Å²) in [7, 11) is 0. The first-order valence-corrected chi connectivity index (χ1v) is 8.66. The molecule has 1 aliphatic heterocycles. The number of amides is 1. The van der Waals surface area contributed by atoms with Crippen molar-refractivity contribution >= 4 is 5.91 Å². The Balaban J connectivity index is 1.96. The van der Waals surface area contributed by atoms with Crippen LogP contribution in [0, 0.1) is 0 Å². The maximum atomic E-state index is 12.9. The minimum atomic E-state index is 0.176. The monoisotopic (exact) mass is 311 g/mol. The number of aromatic nitrogens is 2. The summed E-state index contributed by atoms with van der Waals surface area (Å²) in [6, 6.07) is 10.3. The molecule has 4 heteroatoms. The molecule has 0 bridgehead atoms. The summed E-state index contributed by atoms with van der Waals surface area (Å²) in [4.78, 5) is 14.9. The first-order chi connectivity index (χ1) is 11.2. The minimum absolute atomic E-state index is 0.176. The average Bonchev–Trinajstić information content (AvgIpc) is 3.22. The third-order valence-corrected chi connectivity index (χ3v) is 4.58. The van der Waals surface area contributed by atoms with Crippen molar-refractivity contribution in [3.05, 3.63) is 52.8 Å². The van der Waals surface area contributed by atoms with Crippen LogP contribution in [-0.2, 0) is 19.4 Å². The molecule has 0 atom stereocenters.